The minimum absolute atomic E-state index is 0.184. The lowest BCUT2D eigenvalue weighted by molar-refractivity contribution is 0.0990. The van der Waals surface area contributed by atoms with E-state index in [2.05, 4.69) is 10.2 Å². The van der Waals surface area contributed by atoms with Crippen molar-refractivity contribution in [2.24, 2.45) is 0 Å². The summed E-state index contributed by atoms with van der Waals surface area (Å²) in [7, 11) is 0. The average Bonchev–Trinajstić information content (AvgIpc) is 3.04. The summed E-state index contributed by atoms with van der Waals surface area (Å²) in [6, 6.07) is 10.3. The largest absolute Gasteiger partial charge is 0.445 e. The molecule has 0 unspecified atom stereocenters. The number of carbonyl (C=O) groups is 1. The standard InChI is InChI=1S/C16H23N3O2/c20-16(21-13-14-4-2-1-3-5-14)19-9-6-15(12-19)18-10-7-17-8-11-18/h1-5,15,17H,6-13H2/t15-/m1/s1. The van der Waals surface area contributed by atoms with Gasteiger partial charge >= 0.3 is 6.09 Å². The maximum atomic E-state index is 12.1. The monoisotopic (exact) mass is 289 g/mol. The van der Waals surface area contributed by atoms with Crippen LogP contribution in [0.25, 0.3) is 0 Å². The average molecular weight is 289 g/mol. The van der Waals surface area contributed by atoms with Crippen molar-refractivity contribution in [1.82, 2.24) is 15.1 Å². The molecule has 2 fully saturated rings. The first-order valence-corrected chi connectivity index (χ1v) is 7.73. The smallest absolute Gasteiger partial charge is 0.410 e. The van der Waals surface area contributed by atoms with Crippen molar-refractivity contribution in [1.29, 1.82) is 0 Å². The molecule has 5 nitrogen and oxygen atoms in total. The van der Waals surface area contributed by atoms with Crippen LogP contribution in [0.15, 0.2) is 30.3 Å². The fourth-order valence-electron chi connectivity index (χ4n) is 3.06. The molecule has 21 heavy (non-hydrogen) atoms. The Balaban J connectivity index is 1.45. The van der Waals surface area contributed by atoms with Crippen LogP contribution in [0.5, 0.6) is 0 Å². The van der Waals surface area contributed by atoms with Crippen molar-refractivity contribution in [3.05, 3.63) is 35.9 Å². The van der Waals surface area contributed by atoms with Gasteiger partial charge in [-0.3, -0.25) is 4.90 Å². The van der Waals surface area contributed by atoms with Gasteiger partial charge in [-0.05, 0) is 12.0 Å². The molecule has 1 aromatic carbocycles. The molecule has 1 aromatic rings. The molecule has 0 aliphatic carbocycles. The maximum Gasteiger partial charge on any atom is 0.410 e. The van der Waals surface area contributed by atoms with Gasteiger partial charge in [-0.1, -0.05) is 30.3 Å². The van der Waals surface area contributed by atoms with E-state index in [1.165, 1.54) is 0 Å². The van der Waals surface area contributed by atoms with Crippen molar-refractivity contribution in [2.45, 2.75) is 19.1 Å². The second-order valence-corrected chi connectivity index (χ2v) is 5.71. The van der Waals surface area contributed by atoms with Gasteiger partial charge in [0, 0.05) is 45.3 Å². The summed E-state index contributed by atoms with van der Waals surface area (Å²) in [5, 5.41) is 3.36. The van der Waals surface area contributed by atoms with Gasteiger partial charge in [0.15, 0.2) is 0 Å². The second-order valence-electron chi connectivity index (χ2n) is 5.71. The summed E-state index contributed by atoms with van der Waals surface area (Å²) in [6.07, 6.45) is 0.872. The van der Waals surface area contributed by atoms with Gasteiger partial charge < -0.3 is 15.0 Å². The van der Waals surface area contributed by atoms with Crippen LogP contribution >= 0.6 is 0 Å². The Labute approximate surface area is 125 Å². The number of benzene rings is 1. The molecule has 114 valence electrons. The Bertz CT molecular complexity index is 460. The van der Waals surface area contributed by atoms with Gasteiger partial charge in [-0.15, -0.1) is 0 Å². The summed E-state index contributed by atoms with van der Waals surface area (Å²) in [5.41, 5.74) is 1.03. The van der Waals surface area contributed by atoms with Crippen molar-refractivity contribution >= 4 is 6.09 Å². The molecule has 2 heterocycles. The van der Waals surface area contributed by atoms with Crippen LogP contribution in [0, 0.1) is 0 Å². The van der Waals surface area contributed by atoms with E-state index in [1.54, 1.807) is 0 Å². The SMILES string of the molecule is O=C(OCc1ccccc1)N1CC[C@@H](N2CCNCC2)C1. The molecule has 1 N–H and O–H groups in total. The highest BCUT2D eigenvalue weighted by Crippen LogP contribution is 2.17. The molecule has 1 amide bonds. The first kappa shape index (κ1) is 14.4. The summed E-state index contributed by atoms with van der Waals surface area (Å²) < 4.78 is 5.40. The van der Waals surface area contributed by atoms with Gasteiger partial charge in [0.25, 0.3) is 0 Å². The second kappa shape index (κ2) is 6.91. The molecule has 0 aromatic heterocycles. The lowest BCUT2D eigenvalue weighted by Crippen LogP contribution is -2.49. The number of nitrogens with zero attached hydrogens (tertiary/aromatic N) is 2. The molecule has 0 spiro atoms. The molecular weight excluding hydrogens is 266 g/mol. The first-order valence-electron chi connectivity index (χ1n) is 7.73. The lowest BCUT2D eigenvalue weighted by atomic mass is 10.2. The molecular formula is C16H23N3O2. The predicted molar refractivity (Wildman–Crippen MR) is 81.0 cm³/mol. The fourth-order valence-corrected chi connectivity index (χ4v) is 3.06. The van der Waals surface area contributed by atoms with Crippen LogP contribution in [0.2, 0.25) is 0 Å². The van der Waals surface area contributed by atoms with Crippen LogP contribution in [0.1, 0.15) is 12.0 Å². The Morgan fingerprint density at radius 1 is 1.19 bits per heavy atom. The first-order chi connectivity index (χ1) is 10.3. The van der Waals surface area contributed by atoms with Crippen LogP contribution in [0.3, 0.4) is 0 Å². The van der Waals surface area contributed by atoms with E-state index in [0.717, 1.165) is 51.3 Å². The zero-order valence-corrected chi connectivity index (χ0v) is 12.3. The van der Waals surface area contributed by atoms with E-state index in [-0.39, 0.29) is 6.09 Å². The number of hydrogen-bond donors (Lipinski definition) is 1. The van der Waals surface area contributed by atoms with Crippen molar-refractivity contribution < 1.29 is 9.53 Å². The van der Waals surface area contributed by atoms with E-state index >= 15 is 0 Å². The topological polar surface area (TPSA) is 44.8 Å². The zero-order chi connectivity index (χ0) is 14.5. The van der Waals surface area contributed by atoms with Crippen LogP contribution in [0.4, 0.5) is 4.79 Å². The lowest BCUT2D eigenvalue weighted by Gasteiger charge is -2.32. The summed E-state index contributed by atoms with van der Waals surface area (Å²) in [6.45, 7) is 6.23. The fraction of sp³-hybridized carbons (Fsp3) is 0.562. The van der Waals surface area contributed by atoms with Gasteiger partial charge in [0.2, 0.25) is 0 Å². The maximum absolute atomic E-state index is 12.1. The van der Waals surface area contributed by atoms with Crippen molar-refractivity contribution in [2.75, 3.05) is 39.3 Å². The third kappa shape index (κ3) is 3.74. The highest BCUT2D eigenvalue weighted by molar-refractivity contribution is 5.68. The Hall–Kier alpha value is -1.59. The number of hydrogen-bond acceptors (Lipinski definition) is 4. The van der Waals surface area contributed by atoms with E-state index in [1.807, 2.05) is 35.2 Å². The highest BCUT2D eigenvalue weighted by atomic mass is 16.6. The Morgan fingerprint density at radius 3 is 2.71 bits per heavy atom. The van der Waals surface area contributed by atoms with E-state index in [9.17, 15) is 4.79 Å². The molecule has 0 saturated carbocycles. The number of likely N-dealkylation sites (tertiary alicyclic amines) is 1. The molecule has 2 aliphatic heterocycles. The Morgan fingerprint density at radius 2 is 1.95 bits per heavy atom. The number of rotatable bonds is 3. The molecule has 0 radical (unpaired) electrons. The van der Waals surface area contributed by atoms with Crippen molar-refractivity contribution in [3.63, 3.8) is 0 Å². The van der Waals surface area contributed by atoms with Gasteiger partial charge in [0.1, 0.15) is 6.61 Å². The molecule has 3 rings (SSSR count). The Kier molecular flexibility index (Phi) is 4.72. The summed E-state index contributed by atoms with van der Waals surface area (Å²) in [4.78, 5) is 16.4. The van der Waals surface area contributed by atoms with Crippen LogP contribution < -0.4 is 5.32 Å². The molecule has 2 saturated heterocycles. The number of piperazine rings is 1. The summed E-state index contributed by atoms with van der Waals surface area (Å²) >= 11 is 0. The number of ether oxygens (including phenoxy) is 1. The molecule has 0 bridgehead atoms. The van der Waals surface area contributed by atoms with Gasteiger partial charge in [-0.25, -0.2) is 4.79 Å². The predicted octanol–water partition coefficient (Wildman–Crippen LogP) is 1.30. The highest BCUT2D eigenvalue weighted by Gasteiger charge is 2.31. The van der Waals surface area contributed by atoms with Crippen LogP contribution in [-0.2, 0) is 11.3 Å². The van der Waals surface area contributed by atoms with E-state index < -0.39 is 0 Å². The van der Waals surface area contributed by atoms with E-state index in [4.69, 9.17) is 4.74 Å². The minimum atomic E-state index is -0.184. The van der Waals surface area contributed by atoms with Crippen LogP contribution in [-0.4, -0.2) is 61.2 Å². The normalized spacial score (nSPS) is 23.2. The van der Waals surface area contributed by atoms with E-state index in [0.29, 0.717) is 12.6 Å². The van der Waals surface area contributed by atoms with Gasteiger partial charge in [0.05, 0.1) is 0 Å². The van der Waals surface area contributed by atoms with Crippen molar-refractivity contribution in [3.8, 4) is 0 Å². The number of nitrogens with one attached hydrogen (secondary N) is 1. The molecule has 1 atom stereocenters. The summed E-state index contributed by atoms with van der Waals surface area (Å²) in [5.74, 6) is 0. The third-order valence-electron chi connectivity index (χ3n) is 4.29. The number of carbonyl (C=O) groups excluding carboxylic acids is 1. The minimum Gasteiger partial charge on any atom is -0.445 e. The third-order valence-corrected chi connectivity index (χ3v) is 4.29. The van der Waals surface area contributed by atoms with Gasteiger partial charge in [-0.2, -0.15) is 0 Å². The number of amides is 1. The quantitative estimate of drug-likeness (QED) is 0.911. The zero-order valence-electron chi connectivity index (χ0n) is 12.3. The molecule has 5 heteroatoms. The molecule has 2 aliphatic rings.